The normalized spacial score (nSPS) is 11.3. The van der Waals surface area contributed by atoms with E-state index < -0.39 is 10.0 Å². The molecule has 2 aromatic rings. The van der Waals surface area contributed by atoms with E-state index in [4.69, 9.17) is 23.2 Å². The van der Waals surface area contributed by atoms with Gasteiger partial charge in [0.1, 0.15) is 0 Å². The van der Waals surface area contributed by atoms with Gasteiger partial charge in [-0.3, -0.25) is 9.52 Å². The van der Waals surface area contributed by atoms with E-state index in [0.29, 0.717) is 31.1 Å². The number of hydrogen-bond donors (Lipinski definition) is 1. The number of rotatable bonds is 5. The van der Waals surface area contributed by atoms with Crippen LogP contribution in [0.2, 0.25) is 10.0 Å². The van der Waals surface area contributed by atoms with Gasteiger partial charge in [0, 0.05) is 20.4 Å². The molecule has 2 aromatic carbocycles. The van der Waals surface area contributed by atoms with Crippen molar-refractivity contribution in [2.24, 2.45) is 0 Å². The van der Waals surface area contributed by atoms with Crippen molar-refractivity contribution in [2.45, 2.75) is 16.7 Å². The first-order valence-corrected chi connectivity index (χ1v) is 9.88. The summed E-state index contributed by atoms with van der Waals surface area (Å²) in [5, 5.41) is 0.951. The first-order chi connectivity index (χ1) is 10.7. The Morgan fingerprint density at radius 3 is 2.35 bits per heavy atom. The predicted molar refractivity (Wildman–Crippen MR) is 95.5 cm³/mol. The highest BCUT2D eigenvalue weighted by Crippen LogP contribution is 2.39. The summed E-state index contributed by atoms with van der Waals surface area (Å²) in [4.78, 5) is 12.8. The van der Waals surface area contributed by atoms with Crippen LogP contribution in [0.5, 0.6) is 0 Å². The molecule has 2 rings (SSSR count). The van der Waals surface area contributed by atoms with Crippen LogP contribution < -0.4 is 4.72 Å². The van der Waals surface area contributed by atoms with Gasteiger partial charge in [-0.2, -0.15) is 0 Å². The summed E-state index contributed by atoms with van der Waals surface area (Å²) in [7, 11) is -3.44. The van der Waals surface area contributed by atoms with Gasteiger partial charge >= 0.3 is 0 Å². The molecule has 0 saturated carbocycles. The van der Waals surface area contributed by atoms with Crippen molar-refractivity contribution in [2.75, 3.05) is 11.0 Å². The van der Waals surface area contributed by atoms with Gasteiger partial charge < -0.3 is 0 Å². The van der Waals surface area contributed by atoms with E-state index in [0.717, 1.165) is 6.26 Å². The molecular formula is C15H13Cl2NO3S2. The number of ketones is 1. The molecule has 23 heavy (non-hydrogen) atoms. The minimum Gasteiger partial charge on any atom is -0.295 e. The summed E-state index contributed by atoms with van der Waals surface area (Å²) < 4.78 is 25.4. The highest BCUT2D eigenvalue weighted by atomic mass is 35.5. The van der Waals surface area contributed by atoms with Crippen LogP contribution in [0.3, 0.4) is 0 Å². The number of Topliss-reactive ketones (excluding diaryl/α,β-unsaturated/α-hetero) is 1. The van der Waals surface area contributed by atoms with Crippen LogP contribution in [0.15, 0.2) is 46.2 Å². The quantitative estimate of drug-likeness (QED) is 0.751. The van der Waals surface area contributed by atoms with Gasteiger partial charge in [-0.25, -0.2) is 8.42 Å². The highest BCUT2D eigenvalue weighted by molar-refractivity contribution is 7.99. The standard InChI is InChI=1S/C15H13Cl2NO3S2/c1-9(19)10-3-5-13(18-23(2,20)21)15(7-10)22-14-6-4-11(16)8-12(14)17/h3-8,18H,1-2H3. The molecule has 0 aliphatic heterocycles. The van der Waals surface area contributed by atoms with Gasteiger partial charge in [-0.15, -0.1) is 0 Å². The van der Waals surface area contributed by atoms with Gasteiger partial charge in [-0.05, 0) is 43.3 Å². The zero-order chi connectivity index (χ0) is 17.2. The largest absolute Gasteiger partial charge is 0.295 e. The number of nitrogens with one attached hydrogen (secondary N) is 1. The molecule has 0 heterocycles. The Bertz CT molecular complexity index is 867. The van der Waals surface area contributed by atoms with Gasteiger partial charge in [0.15, 0.2) is 5.78 Å². The van der Waals surface area contributed by atoms with Gasteiger partial charge in [-0.1, -0.05) is 35.0 Å². The van der Waals surface area contributed by atoms with Crippen LogP contribution in [-0.2, 0) is 10.0 Å². The molecule has 0 amide bonds. The van der Waals surface area contributed by atoms with Crippen molar-refractivity contribution in [3.63, 3.8) is 0 Å². The first kappa shape index (κ1) is 18.1. The van der Waals surface area contributed by atoms with E-state index in [1.807, 2.05) is 0 Å². The summed E-state index contributed by atoms with van der Waals surface area (Å²) in [6.45, 7) is 1.45. The molecule has 0 fully saturated rings. The number of anilines is 1. The molecule has 0 spiro atoms. The molecule has 8 heteroatoms. The fourth-order valence-electron chi connectivity index (χ4n) is 1.79. The monoisotopic (exact) mass is 389 g/mol. The Balaban J connectivity index is 2.48. The maximum atomic E-state index is 11.6. The molecule has 0 aromatic heterocycles. The average molecular weight is 390 g/mol. The second kappa shape index (κ2) is 7.13. The zero-order valence-electron chi connectivity index (χ0n) is 12.3. The van der Waals surface area contributed by atoms with Crippen molar-refractivity contribution in [3.8, 4) is 0 Å². The lowest BCUT2D eigenvalue weighted by molar-refractivity contribution is 0.101. The maximum absolute atomic E-state index is 11.6. The second-order valence-corrected chi connectivity index (χ2v) is 8.49. The fourth-order valence-corrected chi connectivity index (χ4v) is 3.90. The Kier molecular flexibility index (Phi) is 5.62. The van der Waals surface area contributed by atoms with Crippen molar-refractivity contribution in [3.05, 3.63) is 52.0 Å². The summed E-state index contributed by atoms with van der Waals surface area (Å²) in [5.74, 6) is -0.111. The smallest absolute Gasteiger partial charge is 0.229 e. The molecule has 0 aliphatic rings. The topological polar surface area (TPSA) is 63.2 Å². The van der Waals surface area contributed by atoms with Crippen molar-refractivity contribution in [1.29, 1.82) is 0 Å². The molecule has 0 aliphatic carbocycles. The van der Waals surface area contributed by atoms with Gasteiger partial charge in [0.25, 0.3) is 0 Å². The highest BCUT2D eigenvalue weighted by Gasteiger charge is 2.13. The second-order valence-electron chi connectivity index (χ2n) is 4.82. The van der Waals surface area contributed by atoms with E-state index in [9.17, 15) is 13.2 Å². The zero-order valence-corrected chi connectivity index (χ0v) is 15.4. The lowest BCUT2D eigenvalue weighted by atomic mass is 10.1. The van der Waals surface area contributed by atoms with E-state index >= 15 is 0 Å². The van der Waals surface area contributed by atoms with Crippen LogP contribution in [0.1, 0.15) is 17.3 Å². The summed E-state index contributed by atoms with van der Waals surface area (Å²) in [6.07, 6.45) is 1.07. The Labute approximate surface area is 149 Å². The Morgan fingerprint density at radius 1 is 1.09 bits per heavy atom. The molecule has 0 bridgehead atoms. The number of halogens is 2. The Morgan fingerprint density at radius 2 is 1.78 bits per heavy atom. The number of carbonyl (C=O) groups is 1. The van der Waals surface area contributed by atoms with Crippen LogP contribution in [0, 0.1) is 0 Å². The number of benzene rings is 2. The number of carbonyl (C=O) groups excluding carboxylic acids is 1. The van der Waals surface area contributed by atoms with Crippen LogP contribution in [0.4, 0.5) is 5.69 Å². The molecule has 122 valence electrons. The first-order valence-electron chi connectivity index (χ1n) is 6.41. The van der Waals surface area contributed by atoms with E-state index in [1.54, 1.807) is 36.4 Å². The third-order valence-corrected chi connectivity index (χ3v) is 5.18. The predicted octanol–water partition coefficient (Wildman–Crippen LogP) is 4.72. The van der Waals surface area contributed by atoms with Crippen LogP contribution >= 0.6 is 35.0 Å². The average Bonchev–Trinajstić information content (AvgIpc) is 2.41. The third kappa shape index (κ3) is 5.14. The van der Waals surface area contributed by atoms with E-state index in [1.165, 1.54) is 18.7 Å². The van der Waals surface area contributed by atoms with Crippen molar-refractivity contribution in [1.82, 2.24) is 0 Å². The maximum Gasteiger partial charge on any atom is 0.229 e. The van der Waals surface area contributed by atoms with E-state index in [-0.39, 0.29) is 5.78 Å². The molecule has 0 saturated heterocycles. The minimum atomic E-state index is -3.44. The minimum absolute atomic E-state index is 0.111. The summed E-state index contributed by atoms with van der Waals surface area (Å²) >= 11 is 13.3. The van der Waals surface area contributed by atoms with E-state index in [2.05, 4.69) is 4.72 Å². The lowest BCUT2D eigenvalue weighted by Crippen LogP contribution is -2.10. The van der Waals surface area contributed by atoms with Crippen molar-refractivity contribution >= 4 is 56.5 Å². The van der Waals surface area contributed by atoms with Crippen molar-refractivity contribution < 1.29 is 13.2 Å². The molecule has 4 nitrogen and oxygen atoms in total. The van der Waals surface area contributed by atoms with Gasteiger partial charge in [0.05, 0.1) is 17.0 Å². The summed E-state index contributed by atoms with van der Waals surface area (Å²) in [6, 6.07) is 9.79. The van der Waals surface area contributed by atoms with Gasteiger partial charge in [0.2, 0.25) is 10.0 Å². The number of hydrogen-bond acceptors (Lipinski definition) is 4. The molecule has 0 radical (unpaired) electrons. The number of sulfonamides is 1. The lowest BCUT2D eigenvalue weighted by Gasteiger charge is -2.12. The van der Waals surface area contributed by atoms with Crippen LogP contribution in [0.25, 0.3) is 0 Å². The summed E-state index contributed by atoms with van der Waals surface area (Å²) in [5.41, 5.74) is 0.866. The third-order valence-electron chi connectivity index (χ3n) is 2.80. The molecule has 0 unspecified atom stereocenters. The SMILES string of the molecule is CC(=O)c1ccc(NS(C)(=O)=O)c(Sc2ccc(Cl)cc2Cl)c1. The fraction of sp³-hybridized carbons (Fsp3) is 0.133. The molecular weight excluding hydrogens is 377 g/mol. The Hall–Kier alpha value is -1.21. The van der Waals surface area contributed by atoms with Crippen LogP contribution in [-0.4, -0.2) is 20.5 Å². The molecule has 1 N–H and O–H groups in total. The molecule has 0 atom stereocenters.